The second-order valence-electron chi connectivity index (χ2n) is 3.12. The molecule has 1 amide bonds. The quantitative estimate of drug-likeness (QED) is 0.856. The number of hydrogen-bond acceptors (Lipinski definition) is 6. The van der Waals surface area contributed by atoms with E-state index >= 15 is 0 Å². The second kappa shape index (κ2) is 5.35. The maximum atomic E-state index is 11.5. The highest BCUT2D eigenvalue weighted by molar-refractivity contribution is 7.14. The molecule has 0 aliphatic rings. The Hall–Kier alpha value is -2.02. The van der Waals surface area contributed by atoms with Gasteiger partial charge in [-0.05, 0) is 13.0 Å². The van der Waals surface area contributed by atoms with Crippen LogP contribution in [0, 0.1) is 0 Å². The molecule has 0 aliphatic carbocycles. The lowest BCUT2D eigenvalue weighted by atomic mass is 10.4. The summed E-state index contributed by atoms with van der Waals surface area (Å²) in [7, 11) is 0. The average Bonchev–Trinajstić information content (AvgIpc) is 2.79. The van der Waals surface area contributed by atoms with Crippen LogP contribution in [0.25, 0.3) is 0 Å². The average molecular weight is 249 g/mol. The van der Waals surface area contributed by atoms with Crippen LogP contribution in [-0.2, 0) is 0 Å². The van der Waals surface area contributed by atoms with Crippen LogP contribution in [-0.4, -0.2) is 27.4 Å². The van der Waals surface area contributed by atoms with Crippen molar-refractivity contribution in [1.82, 2.24) is 20.3 Å². The van der Waals surface area contributed by atoms with Crippen LogP contribution in [0.5, 0.6) is 0 Å². The second-order valence-corrected chi connectivity index (χ2v) is 3.98. The first kappa shape index (κ1) is 11.5. The highest BCUT2D eigenvalue weighted by atomic mass is 32.1. The van der Waals surface area contributed by atoms with Gasteiger partial charge in [0.2, 0.25) is 0 Å². The lowest BCUT2D eigenvalue weighted by Crippen LogP contribution is -2.22. The summed E-state index contributed by atoms with van der Waals surface area (Å²) in [6, 6.07) is 1.73. The Morgan fingerprint density at radius 3 is 3.12 bits per heavy atom. The zero-order chi connectivity index (χ0) is 12.1. The molecule has 17 heavy (non-hydrogen) atoms. The van der Waals surface area contributed by atoms with Crippen molar-refractivity contribution in [3.63, 3.8) is 0 Å². The number of thiazole rings is 1. The summed E-state index contributed by atoms with van der Waals surface area (Å²) in [5.41, 5.74) is 0.411. The van der Waals surface area contributed by atoms with E-state index in [0.29, 0.717) is 23.2 Å². The van der Waals surface area contributed by atoms with E-state index in [-0.39, 0.29) is 5.91 Å². The summed E-state index contributed by atoms with van der Waals surface area (Å²) in [5, 5.41) is 8.02. The smallest absolute Gasteiger partial charge is 0.270 e. The number of carbonyl (C=O) groups excluding carboxylic acids is 1. The van der Waals surface area contributed by atoms with Crippen LogP contribution < -0.4 is 10.6 Å². The van der Waals surface area contributed by atoms with Crippen LogP contribution >= 0.6 is 11.3 Å². The Morgan fingerprint density at radius 1 is 1.53 bits per heavy atom. The van der Waals surface area contributed by atoms with Crippen LogP contribution in [0.2, 0.25) is 0 Å². The van der Waals surface area contributed by atoms with Crippen LogP contribution in [0.3, 0.4) is 0 Å². The normalized spacial score (nSPS) is 9.94. The number of amides is 1. The minimum Gasteiger partial charge on any atom is -0.351 e. The van der Waals surface area contributed by atoms with E-state index in [1.165, 1.54) is 17.7 Å². The topological polar surface area (TPSA) is 79.8 Å². The standard InChI is InChI=1S/C10H11N5OS/c1-2-12-9(16)7-5-17-10(14-7)15-8-3-4-11-6-13-8/h3-6H,2H2,1H3,(H,12,16)(H,11,13,14,15). The molecule has 0 atom stereocenters. The molecule has 0 bridgehead atoms. The van der Waals surface area contributed by atoms with E-state index in [1.807, 2.05) is 6.92 Å². The third-order valence-electron chi connectivity index (χ3n) is 1.89. The van der Waals surface area contributed by atoms with E-state index in [2.05, 4.69) is 25.6 Å². The third-order valence-corrected chi connectivity index (χ3v) is 2.65. The summed E-state index contributed by atoms with van der Waals surface area (Å²) in [4.78, 5) is 23.5. The van der Waals surface area contributed by atoms with Crippen LogP contribution in [0.1, 0.15) is 17.4 Å². The number of hydrogen-bond donors (Lipinski definition) is 2. The van der Waals surface area contributed by atoms with Gasteiger partial charge in [-0.25, -0.2) is 15.0 Å². The first-order valence-electron chi connectivity index (χ1n) is 5.06. The number of aromatic nitrogens is 3. The van der Waals surface area contributed by atoms with E-state index in [4.69, 9.17) is 0 Å². The van der Waals surface area contributed by atoms with E-state index in [9.17, 15) is 4.79 Å². The predicted octanol–water partition coefficient (Wildman–Crippen LogP) is 1.43. The fourth-order valence-corrected chi connectivity index (χ4v) is 1.86. The fourth-order valence-electron chi connectivity index (χ4n) is 1.16. The minimum absolute atomic E-state index is 0.167. The SMILES string of the molecule is CCNC(=O)c1csc(Nc2ccncn2)n1. The van der Waals surface area contributed by atoms with Gasteiger partial charge in [0.1, 0.15) is 17.8 Å². The van der Waals surface area contributed by atoms with Crippen molar-refractivity contribution >= 4 is 28.2 Å². The van der Waals surface area contributed by atoms with E-state index < -0.39 is 0 Å². The molecule has 0 fully saturated rings. The van der Waals surface area contributed by atoms with Crippen molar-refractivity contribution in [3.05, 3.63) is 29.7 Å². The molecular formula is C10H11N5OS. The van der Waals surface area contributed by atoms with Gasteiger partial charge in [-0.3, -0.25) is 4.79 Å². The molecule has 0 spiro atoms. The Bertz CT molecular complexity index is 498. The molecule has 2 N–H and O–H groups in total. The Balaban J connectivity index is 2.06. The zero-order valence-electron chi connectivity index (χ0n) is 9.17. The molecule has 88 valence electrons. The molecule has 0 saturated carbocycles. The molecule has 0 unspecified atom stereocenters. The van der Waals surface area contributed by atoms with Crippen molar-refractivity contribution in [2.45, 2.75) is 6.92 Å². The molecule has 2 rings (SSSR count). The summed E-state index contributed by atoms with van der Waals surface area (Å²) in [6.07, 6.45) is 3.08. The molecule has 2 aromatic heterocycles. The number of rotatable bonds is 4. The molecule has 2 heterocycles. The third kappa shape index (κ3) is 2.97. The monoisotopic (exact) mass is 249 g/mol. The van der Waals surface area contributed by atoms with Crippen LogP contribution in [0.4, 0.5) is 10.9 Å². The molecule has 0 aliphatic heterocycles. The lowest BCUT2D eigenvalue weighted by molar-refractivity contribution is 0.0951. The first-order valence-corrected chi connectivity index (χ1v) is 5.94. The number of carbonyl (C=O) groups is 1. The molecule has 6 nitrogen and oxygen atoms in total. The van der Waals surface area contributed by atoms with Crippen molar-refractivity contribution in [2.75, 3.05) is 11.9 Å². The van der Waals surface area contributed by atoms with Gasteiger partial charge in [0, 0.05) is 18.1 Å². The maximum absolute atomic E-state index is 11.5. The van der Waals surface area contributed by atoms with Crippen molar-refractivity contribution in [1.29, 1.82) is 0 Å². The highest BCUT2D eigenvalue weighted by Gasteiger charge is 2.09. The first-order chi connectivity index (χ1) is 8.29. The summed E-state index contributed by atoms with van der Waals surface area (Å²) < 4.78 is 0. The summed E-state index contributed by atoms with van der Waals surface area (Å²) in [6.45, 7) is 2.45. The molecule has 0 saturated heterocycles. The number of nitrogens with one attached hydrogen (secondary N) is 2. The Labute approximate surface area is 102 Å². The number of nitrogens with zero attached hydrogens (tertiary/aromatic N) is 3. The van der Waals surface area contributed by atoms with E-state index in [1.54, 1.807) is 17.6 Å². The minimum atomic E-state index is -0.167. The Kier molecular flexibility index (Phi) is 3.61. The largest absolute Gasteiger partial charge is 0.351 e. The van der Waals surface area contributed by atoms with Gasteiger partial charge in [0.05, 0.1) is 0 Å². The van der Waals surface area contributed by atoms with Gasteiger partial charge in [0.25, 0.3) is 5.91 Å². The molecule has 0 radical (unpaired) electrons. The molecule has 7 heteroatoms. The van der Waals surface area contributed by atoms with E-state index in [0.717, 1.165) is 0 Å². The van der Waals surface area contributed by atoms with Gasteiger partial charge in [-0.2, -0.15) is 0 Å². The molecular weight excluding hydrogens is 238 g/mol. The van der Waals surface area contributed by atoms with Crippen molar-refractivity contribution in [3.8, 4) is 0 Å². The van der Waals surface area contributed by atoms with Gasteiger partial charge in [-0.15, -0.1) is 11.3 Å². The zero-order valence-corrected chi connectivity index (χ0v) is 9.99. The van der Waals surface area contributed by atoms with Gasteiger partial charge in [0.15, 0.2) is 5.13 Å². The summed E-state index contributed by atoms with van der Waals surface area (Å²) >= 11 is 1.36. The van der Waals surface area contributed by atoms with Gasteiger partial charge >= 0.3 is 0 Å². The van der Waals surface area contributed by atoms with Crippen molar-refractivity contribution in [2.24, 2.45) is 0 Å². The van der Waals surface area contributed by atoms with Gasteiger partial charge < -0.3 is 10.6 Å². The lowest BCUT2D eigenvalue weighted by Gasteiger charge is -1.99. The van der Waals surface area contributed by atoms with Gasteiger partial charge in [-0.1, -0.05) is 0 Å². The molecule has 2 aromatic rings. The molecule has 0 aromatic carbocycles. The van der Waals surface area contributed by atoms with Crippen LogP contribution in [0.15, 0.2) is 24.0 Å². The fraction of sp³-hybridized carbons (Fsp3) is 0.200. The number of anilines is 2. The summed E-state index contributed by atoms with van der Waals surface area (Å²) in [5.74, 6) is 0.483. The van der Waals surface area contributed by atoms with Crippen molar-refractivity contribution < 1.29 is 4.79 Å². The highest BCUT2D eigenvalue weighted by Crippen LogP contribution is 2.18. The Morgan fingerprint density at radius 2 is 2.41 bits per heavy atom. The maximum Gasteiger partial charge on any atom is 0.270 e. The predicted molar refractivity (Wildman–Crippen MR) is 65.4 cm³/mol.